The number of nitrogens with zero attached hydrogens (tertiary/aromatic N) is 2. The quantitative estimate of drug-likeness (QED) is 0.584. The lowest BCUT2D eigenvalue weighted by atomic mass is 10.2. The summed E-state index contributed by atoms with van der Waals surface area (Å²) in [4.78, 5) is 6.93. The molecule has 5 heteroatoms. The molecule has 0 spiro atoms. The van der Waals surface area contributed by atoms with Crippen molar-refractivity contribution in [3.8, 4) is 5.75 Å². The fraction of sp³-hybridized carbons (Fsp3) is 0.409. The zero-order valence-corrected chi connectivity index (χ0v) is 16.3. The minimum atomic E-state index is 0.546. The van der Waals surface area contributed by atoms with Crippen LogP contribution in [0.25, 0.3) is 0 Å². The summed E-state index contributed by atoms with van der Waals surface area (Å²) in [7, 11) is 3.50. The van der Waals surface area contributed by atoms with E-state index in [1.165, 1.54) is 30.5 Å². The van der Waals surface area contributed by atoms with Crippen molar-refractivity contribution in [1.29, 1.82) is 0 Å². The highest BCUT2D eigenvalue weighted by Crippen LogP contribution is 2.19. The topological polar surface area (TPSA) is 48.9 Å². The molecule has 0 radical (unpaired) electrons. The lowest BCUT2D eigenvalue weighted by molar-refractivity contribution is 0.245. The van der Waals surface area contributed by atoms with Gasteiger partial charge in [-0.15, -0.1) is 0 Å². The molecule has 2 aromatic carbocycles. The number of hydrogen-bond donors (Lipinski definition) is 2. The Kier molecular flexibility index (Phi) is 7.11. The molecule has 0 aromatic heterocycles. The van der Waals surface area contributed by atoms with Gasteiger partial charge in [0.2, 0.25) is 0 Å². The van der Waals surface area contributed by atoms with Gasteiger partial charge in [0.15, 0.2) is 5.96 Å². The summed E-state index contributed by atoms with van der Waals surface area (Å²) in [5, 5.41) is 6.88. The summed E-state index contributed by atoms with van der Waals surface area (Å²) in [6.07, 6.45) is 2.49. The van der Waals surface area contributed by atoms with Crippen LogP contribution in [0.1, 0.15) is 24.0 Å². The molecule has 2 aromatic rings. The number of nitrogens with one attached hydrogen (secondary N) is 2. The summed E-state index contributed by atoms with van der Waals surface area (Å²) >= 11 is 0. The predicted octanol–water partition coefficient (Wildman–Crippen LogP) is 3.02. The Morgan fingerprint density at radius 2 is 1.85 bits per heavy atom. The summed E-state index contributed by atoms with van der Waals surface area (Å²) in [6, 6.07) is 19.4. The Morgan fingerprint density at radius 1 is 1.07 bits per heavy atom. The van der Waals surface area contributed by atoms with Gasteiger partial charge in [-0.25, -0.2) is 0 Å². The fourth-order valence-electron chi connectivity index (χ4n) is 3.52. The molecule has 0 aliphatic carbocycles. The number of methoxy groups -OCH3 is 1. The van der Waals surface area contributed by atoms with E-state index in [9.17, 15) is 0 Å². The highest BCUT2D eigenvalue weighted by Gasteiger charge is 2.24. The molecule has 1 unspecified atom stereocenters. The average molecular weight is 367 g/mol. The Balaban J connectivity index is 1.46. The molecule has 144 valence electrons. The highest BCUT2D eigenvalue weighted by atomic mass is 16.5. The maximum atomic E-state index is 5.20. The van der Waals surface area contributed by atoms with Crippen LogP contribution >= 0.6 is 0 Å². The maximum absolute atomic E-state index is 5.20. The predicted molar refractivity (Wildman–Crippen MR) is 111 cm³/mol. The first kappa shape index (κ1) is 19.2. The summed E-state index contributed by atoms with van der Waals surface area (Å²) in [5.41, 5.74) is 2.58. The van der Waals surface area contributed by atoms with Gasteiger partial charge < -0.3 is 15.4 Å². The number of likely N-dealkylation sites (tertiary alicyclic amines) is 1. The van der Waals surface area contributed by atoms with E-state index >= 15 is 0 Å². The molecule has 0 saturated carbocycles. The minimum Gasteiger partial charge on any atom is -0.497 e. The summed E-state index contributed by atoms with van der Waals surface area (Å²) in [6.45, 7) is 3.83. The number of hydrogen-bond acceptors (Lipinski definition) is 3. The third-order valence-corrected chi connectivity index (χ3v) is 5.08. The van der Waals surface area contributed by atoms with Crippen molar-refractivity contribution in [3.05, 3.63) is 65.7 Å². The van der Waals surface area contributed by atoms with Crippen molar-refractivity contribution in [2.24, 2.45) is 4.99 Å². The van der Waals surface area contributed by atoms with Gasteiger partial charge in [0.1, 0.15) is 5.75 Å². The summed E-state index contributed by atoms with van der Waals surface area (Å²) in [5.74, 6) is 1.72. The Bertz CT molecular complexity index is 715. The second-order valence-electron chi connectivity index (χ2n) is 6.91. The molecule has 1 saturated heterocycles. The number of guanidine groups is 1. The molecule has 1 heterocycles. The number of rotatable bonds is 7. The van der Waals surface area contributed by atoms with E-state index < -0.39 is 0 Å². The molecular formula is C22H30N4O. The van der Waals surface area contributed by atoms with Crippen LogP contribution in [0, 0.1) is 0 Å². The van der Waals surface area contributed by atoms with E-state index in [1.807, 2.05) is 19.2 Å². The third-order valence-electron chi connectivity index (χ3n) is 5.08. The SMILES string of the molecule is CN=C(NCc1ccc(OC)cc1)NCC1CCCN1Cc1ccccc1. The average Bonchev–Trinajstić information content (AvgIpc) is 3.16. The molecule has 27 heavy (non-hydrogen) atoms. The van der Waals surface area contributed by atoms with Crippen LogP contribution in [0.15, 0.2) is 59.6 Å². The van der Waals surface area contributed by atoms with Gasteiger partial charge in [-0.3, -0.25) is 9.89 Å². The Hall–Kier alpha value is -2.53. The molecule has 1 fully saturated rings. The first-order valence-corrected chi connectivity index (χ1v) is 9.64. The van der Waals surface area contributed by atoms with Crippen LogP contribution in [0.5, 0.6) is 5.75 Å². The first-order valence-electron chi connectivity index (χ1n) is 9.64. The third kappa shape index (κ3) is 5.73. The number of aliphatic imine (C=N–C) groups is 1. The van der Waals surface area contributed by atoms with Crippen molar-refractivity contribution < 1.29 is 4.74 Å². The highest BCUT2D eigenvalue weighted by molar-refractivity contribution is 5.79. The fourth-order valence-corrected chi connectivity index (χ4v) is 3.52. The molecule has 0 bridgehead atoms. The van der Waals surface area contributed by atoms with Gasteiger partial charge in [0, 0.05) is 32.7 Å². The van der Waals surface area contributed by atoms with Crippen molar-refractivity contribution in [3.63, 3.8) is 0 Å². The lowest BCUT2D eigenvalue weighted by Crippen LogP contribution is -2.44. The van der Waals surface area contributed by atoms with Gasteiger partial charge in [0.05, 0.1) is 7.11 Å². The van der Waals surface area contributed by atoms with E-state index in [-0.39, 0.29) is 0 Å². The van der Waals surface area contributed by atoms with Crippen molar-refractivity contribution in [1.82, 2.24) is 15.5 Å². The van der Waals surface area contributed by atoms with Gasteiger partial charge in [0.25, 0.3) is 0 Å². The molecule has 1 atom stereocenters. The lowest BCUT2D eigenvalue weighted by Gasteiger charge is -2.25. The first-order chi connectivity index (χ1) is 13.3. The van der Waals surface area contributed by atoms with E-state index in [2.05, 4.69) is 63.0 Å². The minimum absolute atomic E-state index is 0.546. The number of ether oxygens (including phenoxy) is 1. The van der Waals surface area contributed by atoms with Crippen LogP contribution in [0.4, 0.5) is 0 Å². The summed E-state index contributed by atoms with van der Waals surface area (Å²) < 4.78 is 5.20. The van der Waals surface area contributed by atoms with E-state index in [4.69, 9.17) is 4.74 Å². The van der Waals surface area contributed by atoms with E-state index in [0.717, 1.165) is 31.3 Å². The van der Waals surface area contributed by atoms with Crippen LogP contribution in [0.3, 0.4) is 0 Å². The monoisotopic (exact) mass is 366 g/mol. The smallest absolute Gasteiger partial charge is 0.191 e. The number of benzene rings is 2. The normalized spacial score (nSPS) is 17.7. The molecule has 1 aliphatic rings. The van der Waals surface area contributed by atoms with E-state index in [1.54, 1.807) is 7.11 Å². The second kappa shape index (κ2) is 9.97. The molecule has 3 rings (SSSR count). The molecular weight excluding hydrogens is 336 g/mol. The van der Waals surface area contributed by atoms with Crippen LogP contribution in [-0.2, 0) is 13.1 Å². The molecule has 5 nitrogen and oxygen atoms in total. The largest absolute Gasteiger partial charge is 0.497 e. The van der Waals surface area contributed by atoms with Crippen molar-refractivity contribution in [2.75, 3.05) is 27.2 Å². The van der Waals surface area contributed by atoms with Crippen LogP contribution < -0.4 is 15.4 Å². The Morgan fingerprint density at radius 3 is 2.56 bits per heavy atom. The zero-order valence-electron chi connectivity index (χ0n) is 16.3. The van der Waals surface area contributed by atoms with Crippen molar-refractivity contribution >= 4 is 5.96 Å². The Labute approximate surface area is 162 Å². The van der Waals surface area contributed by atoms with Crippen LogP contribution in [-0.4, -0.2) is 44.1 Å². The second-order valence-corrected chi connectivity index (χ2v) is 6.91. The van der Waals surface area contributed by atoms with Gasteiger partial charge in [-0.2, -0.15) is 0 Å². The molecule has 2 N–H and O–H groups in total. The molecule has 0 amide bonds. The molecule has 1 aliphatic heterocycles. The van der Waals surface area contributed by atoms with Crippen LogP contribution in [0.2, 0.25) is 0 Å². The van der Waals surface area contributed by atoms with E-state index in [0.29, 0.717) is 6.04 Å². The van der Waals surface area contributed by atoms with Gasteiger partial charge in [-0.1, -0.05) is 42.5 Å². The maximum Gasteiger partial charge on any atom is 0.191 e. The van der Waals surface area contributed by atoms with Gasteiger partial charge >= 0.3 is 0 Å². The standard InChI is InChI=1S/C22H30N4O/c1-23-22(24-15-18-10-12-21(27-2)13-11-18)25-16-20-9-6-14-26(20)17-19-7-4-3-5-8-19/h3-5,7-8,10-13,20H,6,9,14-17H2,1-2H3,(H2,23,24,25). The van der Waals surface area contributed by atoms with Gasteiger partial charge in [-0.05, 0) is 42.6 Å². The van der Waals surface area contributed by atoms with Crippen molar-refractivity contribution in [2.45, 2.75) is 32.0 Å². The zero-order chi connectivity index (χ0) is 18.9.